The van der Waals surface area contributed by atoms with Crippen molar-refractivity contribution in [3.05, 3.63) is 35.4 Å². The zero-order valence-corrected chi connectivity index (χ0v) is 17.4. The van der Waals surface area contributed by atoms with Crippen LogP contribution in [-0.4, -0.2) is 23.7 Å². The molecule has 1 radical (unpaired) electrons. The Balaban J connectivity index is 0.00000676. The summed E-state index contributed by atoms with van der Waals surface area (Å²) in [5, 5.41) is 9.09. The number of carboxylic acid groups (broad SMARTS) is 1. The van der Waals surface area contributed by atoms with Gasteiger partial charge in [-0.1, -0.05) is 89.7 Å². The monoisotopic (exact) mass is 425 g/mol. The SMILES string of the molecule is CCCCCCCCCCCCCCOC(=O)c1ccccc1C(=O)O.[Cu+2]. The van der Waals surface area contributed by atoms with Gasteiger partial charge in [-0.25, -0.2) is 9.59 Å². The molecular weight excluding hydrogens is 392 g/mol. The van der Waals surface area contributed by atoms with E-state index in [1.54, 1.807) is 12.1 Å². The molecule has 1 rings (SSSR count). The van der Waals surface area contributed by atoms with Gasteiger partial charge in [0.1, 0.15) is 0 Å². The minimum Gasteiger partial charge on any atom is -0.478 e. The van der Waals surface area contributed by atoms with E-state index < -0.39 is 11.9 Å². The number of benzene rings is 1. The van der Waals surface area contributed by atoms with Crippen LogP contribution in [0.5, 0.6) is 0 Å². The molecule has 1 aromatic carbocycles. The van der Waals surface area contributed by atoms with Gasteiger partial charge >= 0.3 is 29.0 Å². The van der Waals surface area contributed by atoms with Crippen molar-refractivity contribution >= 4 is 11.9 Å². The van der Waals surface area contributed by atoms with Crippen LogP contribution < -0.4 is 0 Å². The fourth-order valence-electron chi connectivity index (χ4n) is 3.03. The molecule has 27 heavy (non-hydrogen) atoms. The van der Waals surface area contributed by atoms with Crippen LogP contribution in [0, 0.1) is 0 Å². The van der Waals surface area contributed by atoms with Crippen molar-refractivity contribution in [2.45, 2.75) is 84.0 Å². The summed E-state index contributed by atoms with van der Waals surface area (Å²) < 4.78 is 5.21. The van der Waals surface area contributed by atoms with Crippen molar-refractivity contribution in [1.29, 1.82) is 0 Å². The fraction of sp³-hybridized carbons (Fsp3) is 0.636. The first-order chi connectivity index (χ1) is 12.7. The summed E-state index contributed by atoms with van der Waals surface area (Å²) in [6.07, 6.45) is 15.1. The van der Waals surface area contributed by atoms with Crippen LogP contribution in [-0.2, 0) is 21.8 Å². The van der Waals surface area contributed by atoms with E-state index in [2.05, 4.69) is 6.92 Å². The maximum absolute atomic E-state index is 12.0. The van der Waals surface area contributed by atoms with E-state index in [-0.39, 0.29) is 28.2 Å². The van der Waals surface area contributed by atoms with Crippen molar-refractivity contribution < 1.29 is 36.5 Å². The van der Waals surface area contributed by atoms with Crippen LogP contribution in [0.2, 0.25) is 0 Å². The Kier molecular flexibility index (Phi) is 16.0. The van der Waals surface area contributed by atoms with E-state index in [9.17, 15) is 9.59 Å². The maximum atomic E-state index is 12.0. The van der Waals surface area contributed by atoms with Gasteiger partial charge in [-0.3, -0.25) is 0 Å². The van der Waals surface area contributed by atoms with Crippen LogP contribution in [0.1, 0.15) is 105 Å². The molecule has 0 aliphatic rings. The Hall–Kier alpha value is -1.32. The zero-order valence-electron chi connectivity index (χ0n) is 16.5. The van der Waals surface area contributed by atoms with E-state index in [1.807, 2.05) is 0 Å². The molecule has 0 unspecified atom stereocenters. The van der Waals surface area contributed by atoms with Crippen molar-refractivity contribution in [3.8, 4) is 0 Å². The summed E-state index contributed by atoms with van der Waals surface area (Å²) in [4.78, 5) is 23.1. The Morgan fingerprint density at radius 3 is 1.70 bits per heavy atom. The minimum absolute atomic E-state index is 0. The molecule has 0 heterocycles. The number of hydrogen-bond donors (Lipinski definition) is 1. The normalized spacial score (nSPS) is 10.3. The summed E-state index contributed by atoms with van der Waals surface area (Å²) in [6.45, 7) is 2.60. The predicted octanol–water partition coefficient (Wildman–Crippen LogP) is 6.24. The number of ether oxygens (including phenoxy) is 1. The van der Waals surface area contributed by atoms with Gasteiger partial charge in [-0.2, -0.15) is 0 Å². The number of rotatable bonds is 15. The molecule has 1 N–H and O–H groups in total. The summed E-state index contributed by atoms with van der Waals surface area (Å²) >= 11 is 0. The van der Waals surface area contributed by atoms with Gasteiger partial charge in [-0.15, -0.1) is 0 Å². The third-order valence-electron chi connectivity index (χ3n) is 4.61. The number of carboxylic acids is 1. The molecule has 0 aliphatic heterocycles. The molecule has 0 spiro atoms. The van der Waals surface area contributed by atoms with Crippen LogP contribution in [0.4, 0.5) is 0 Å². The third-order valence-corrected chi connectivity index (χ3v) is 4.61. The maximum Gasteiger partial charge on any atom is 2.00 e. The number of carbonyl (C=O) groups excluding carboxylic acids is 1. The Morgan fingerprint density at radius 1 is 0.778 bits per heavy atom. The molecule has 0 saturated heterocycles. The Labute approximate surface area is 174 Å². The standard InChI is InChI=1S/C22H34O4.Cu/c1-2-3-4-5-6-7-8-9-10-11-12-15-18-26-22(25)20-17-14-13-16-19(20)21(23)24;/h13-14,16-17H,2-12,15,18H2,1H3,(H,23,24);/q;+2. The molecule has 0 aromatic heterocycles. The smallest absolute Gasteiger partial charge is 0.478 e. The average Bonchev–Trinajstić information content (AvgIpc) is 2.65. The molecular formula is C22H34CuO4+2. The van der Waals surface area contributed by atoms with Gasteiger partial charge in [0.2, 0.25) is 0 Å². The molecule has 0 fully saturated rings. The first-order valence-electron chi connectivity index (χ1n) is 10.2. The Bertz CT molecular complexity index is 531. The van der Waals surface area contributed by atoms with Crippen LogP contribution in [0.15, 0.2) is 24.3 Å². The van der Waals surface area contributed by atoms with Crippen molar-refractivity contribution in [3.63, 3.8) is 0 Å². The molecule has 5 heteroatoms. The van der Waals surface area contributed by atoms with Crippen molar-refractivity contribution in [2.75, 3.05) is 6.61 Å². The molecule has 0 amide bonds. The van der Waals surface area contributed by atoms with E-state index in [1.165, 1.54) is 76.3 Å². The van der Waals surface area contributed by atoms with Gasteiger partial charge < -0.3 is 9.84 Å². The second-order valence-electron chi connectivity index (χ2n) is 6.88. The first kappa shape index (κ1) is 25.7. The van der Waals surface area contributed by atoms with Crippen LogP contribution in [0.3, 0.4) is 0 Å². The molecule has 0 saturated carbocycles. The second-order valence-corrected chi connectivity index (χ2v) is 6.88. The zero-order chi connectivity index (χ0) is 19.0. The Morgan fingerprint density at radius 2 is 1.22 bits per heavy atom. The number of unbranched alkanes of at least 4 members (excludes halogenated alkanes) is 11. The number of hydrogen-bond acceptors (Lipinski definition) is 3. The quantitative estimate of drug-likeness (QED) is 0.205. The van der Waals surface area contributed by atoms with Crippen LogP contribution in [0.25, 0.3) is 0 Å². The molecule has 155 valence electrons. The average molecular weight is 426 g/mol. The first-order valence-corrected chi connectivity index (χ1v) is 10.2. The van der Waals surface area contributed by atoms with Gasteiger partial charge in [0.05, 0.1) is 17.7 Å². The molecule has 0 aliphatic carbocycles. The molecule has 0 atom stereocenters. The predicted molar refractivity (Wildman–Crippen MR) is 105 cm³/mol. The van der Waals surface area contributed by atoms with E-state index in [4.69, 9.17) is 9.84 Å². The van der Waals surface area contributed by atoms with E-state index in [0.29, 0.717) is 6.61 Å². The molecule has 0 bridgehead atoms. The summed E-state index contributed by atoms with van der Waals surface area (Å²) in [5.74, 6) is -1.66. The largest absolute Gasteiger partial charge is 2.00 e. The fourth-order valence-corrected chi connectivity index (χ4v) is 3.03. The van der Waals surface area contributed by atoms with Gasteiger partial charge in [-0.05, 0) is 18.6 Å². The number of carbonyl (C=O) groups is 2. The molecule has 4 nitrogen and oxygen atoms in total. The summed E-state index contributed by atoms with van der Waals surface area (Å²) in [7, 11) is 0. The minimum atomic E-state index is -1.11. The number of aromatic carboxylic acids is 1. The molecule has 1 aromatic rings. The van der Waals surface area contributed by atoms with Crippen molar-refractivity contribution in [1.82, 2.24) is 0 Å². The van der Waals surface area contributed by atoms with Gasteiger partial charge in [0, 0.05) is 0 Å². The summed E-state index contributed by atoms with van der Waals surface area (Å²) in [6, 6.07) is 6.16. The number of esters is 1. The third kappa shape index (κ3) is 11.9. The topological polar surface area (TPSA) is 63.6 Å². The van der Waals surface area contributed by atoms with Gasteiger partial charge in [0.15, 0.2) is 0 Å². The second kappa shape index (κ2) is 16.8. The summed E-state index contributed by atoms with van der Waals surface area (Å²) in [5.41, 5.74) is 0.117. The van der Waals surface area contributed by atoms with E-state index in [0.717, 1.165) is 12.8 Å². The van der Waals surface area contributed by atoms with E-state index >= 15 is 0 Å². The van der Waals surface area contributed by atoms with Crippen LogP contribution >= 0.6 is 0 Å². The van der Waals surface area contributed by atoms with Crippen molar-refractivity contribution in [2.24, 2.45) is 0 Å². The van der Waals surface area contributed by atoms with Gasteiger partial charge in [0.25, 0.3) is 0 Å².